The molecule has 0 spiro atoms. The van der Waals surface area contributed by atoms with E-state index in [-0.39, 0.29) is 58.3 Å². The lowest BCUT2D eigenvalue weighted by Crippen LogP contribution is -2.53. The molecule has 0 radical (unpaired) electrons. The Hall–Kier alpha value is -1.92. The van der Waals surface area contributed by atoms with E-state index in [1.165, 1.54) is 11.1 Å². The van der Waals surface area contributed by atoms with Crippen LogP contribution in [0.4, 0.5) is 0 Å². The first-order valence-corrected chi connectivity index (χ1v) is 19.5. The molecule has 6 saturated carbocycles. The van der Waals surface area contributed by atoms with Gasteiger partial charge in [-0.2, -0.15) is 0 Å². The molecule has 0 unspecified atom stereocenters. The fraction of sp³-hybridized carbons (Fsp3) is 0.810. The number of carbonyl (C=O) groups is 4. The zero-order chi connectivity index (χ0) is 34.2. The maximum Gasteiger partial charge on any atom is 0.155 e. The standard InChI is InChI=1S/2C21H30O3/c2*1-13(23)17-5-6-19-16-4-3-14-11-15(24)7-9-20(14,2)18(16)8-10-21(17,19)12-22/h2*11,16-19,22H,3-10,12H2,1-2H3/t2*16-,17-,18+,19+,20+,21+/m11/s1. The van der Waals surface area contributed by atoms with Crippen molar-refractivity contribution in [2.75, 3.05) is 13.2 Å². The Kier molecular flexibility index (Phi) is 8.91. The Balaban J connectivity index is 0.000000152. The summed E-state index contributed by atoms with van der Waals surface area (Å²) in [4.78, 5) is 48.1. The molecule has 264 valence electrons. The highest BCUT2D eigenvalue weighted by molar-refractivity contribution is 5.92. The van der Waals surface area contributed by atoms with Gasteiger partial charge in [0, 0.05) is 48.7 Å². The summed E-state index contributed by atoms with van der Waals surface area (Å²) in [6.45, 7) is 8.53. The summed E-state index contributed by atoms with van der Waals surface area (Å²) < 4.78 is 0. The van der Waals surface area contributed by atoms with Gasteiger partial charge in [-0.3, -0.25) is 19.2 Å². The number of hydrogen-bond acceptors (Lipinski definition) is 6. The van der Waals surface area contributed by atoms with Gasteiger partial charge in [0.2, 0.25) is 0 Å². The molecule has 6 heteroatoms. The molecule has 12 atom stereocenters. The monoisotopic (exact) mass is 660 g/mol. The van der Waals surface area contributed by atoms with E-state index in [2.05, 4.69) is 13.8 Å². The fourth-order valence-corrected chi connectivity index (χ4v) is 14.6. The van der Waals surface area contributed by atoms with E-state index in [1.807, 2.05) is 12.2 Å². The Bertz CT molecular complexity index is 1320. The highest BCUT2D eigenvalue weighted by Crippen LogP contribution is 2.68. The Morgan fingerprint density at radius 2 is 0.979 bits per heavy atom. The first-order valence-electron chi connectivity index (χ1n) is 19.5. The van der Waals surface area contributed by atoms with Crippen LogP contribution in [0.2, 0.25) is 0 Å². The van der Waals surface area contributed by atoms with Crippen molar-refractivity contribution >= 4 is 23.1 Å². The Labute approximate surface area is 288 Å². The van der Waals surface area contributed by atoms with Gasteiger partial charge in [-0.05, 0) is 162 Å². The maximum atomic E-state index is 12.2. The summed E-state index contributed by atoms with van der Waals surface area (Å²) in [7, 11) is 0. The SMILES string of the molecule is CC(=O)[C@H]1CC[C@H]2[C@@H]3CCC4=CC(=O)CC[C@]4(C)[C@H]3CC[C@]12CO.CC(=O)[C@H]1CC[C@H]2[C@@H]3CCC4=CC(=O)CC[C@]4(C)[C@H]3CC[C@]12CO. The van der Waals surface area contributed by atoms with Crippen LogP contribution in [0.25, 0.3) is 0 Å². The van der Waals surface area contributed by atoms with Gasteiger partial charge in [-0.25, -0.2) is 0 Å². The molecule has 2 N–H and O–H groups in total. The van der Waals surface area contributed by atoms with Gasteiger partial charge in [-0.1, -0.05) is 25.0 Å². The smallest absolute Gasteiger partial charge is 0.155 e. The van der Waals surface area contributed by atoms with E-state index in [1.54, 1.807) is 13.8 Å². The number of fused-ring (bicyclic) bond motifs is 10. The van der Waals surface area contributed by atoms with Gasteiger partial charge < -0.3 is 10.2 Å². The van der Waals surface area contributed by atoms with E-state index in [9.17, 15) is 29.4 Å². The van der Waals surface area contributed by atoms with Crippen LogP contribution in [-0.4, -0.2) is 46.6 Å². The van der Waals surface area contributed by atoms with Gasteiger partial charge in [-0.15, -0.1) is 0 Å². The second-order valence-electron chi connectivity index (χ2n) is 18.3. The number of Topliss-reactive ketones (excluding diaryl/α,β-unsaturated/α-hetero) is 2. The lowest BCUT2D eigenvalue weighted by Gasteiger charge is -2.58. The minimum atomic E-state index is -0.158. The molecule has 0 amide bonds. The normalized spacial score (nSPS) is 47.5. The van der Waals surface area contributed by atoms with Crippen LogP contribution >= 0.6 is 0 Å². The third-order valence-corrected chi connectivity index (χ3v) is 16.9. The summed E-state index contributed by atoms with van der Waals surface area (Å²) in [6, 6.07) is 0. The average molecular weight is 661 g/mol. The van der Waals surface area contributed by atoms with E-state index in [0.29, 0.717) is 59.9 Å². The number of allylic oxidation sites excluding steroid dienone is 2. The van der Waals surface area contributed by atoms with E-state index >= 15 is 0 Å². The van der Waals surface area contributed by atoms with E-state index < -0.39 is 0 Å². The van der Waals surface area contributed by atoms with Crippen molar-refractivity contribution in [3.8, 4) is 0 Å². The molecule has 0 aromatic rings. The molecule has 0 bridgehead atoms. The zero-order valence-electron chi connectivity index (χ0n) is 30.0. The lowest BCUT2D eigenvalue weighted by atomic mass is 9.46. The quantitative estimate of drug-likeness (QED) is 0.326. The number of carbonyl (C=O) groups excluding carboxylic acids is 4. The first kappa shape index (κ1) is 34.5. The minimum absolute atomic E-state index is 0.0612. The van der Waals surface area contributed by atoms with Crippen LogP contribution in [0.15, 0.2) is 23.3 Å². The summed E-state index contributed by atoms with van der Waals surface area (Å²) in [6.07, 6.45) is 19.9. The molecule has 8 rings (SSSR count). The summed E-state index contributed by atoms with van der Waals surface area (Å²) in [5, 5.41) is 20.6. The van der Waals surface area contributed by atoms with Gasteiger partial charge in [0.15, 0.2) is 11.6 Å². The molecule has 8 aliphatic carbocycles. The van der Waals surface area contributed by atoms with E-state index in [0.717, 1.165) is 89.9 Å². The van der Waals surface area contributed by atoms with Crippen molar-refractivity contribution in [1.82, 2.24) is 0 Å². The summed E-state index contributed by atoms with van der Waals surface area (Å²) in [5.41, 5.74) is 2.80. The first-order chi connectivity index (χ1) is 22.8. The number of aliphatic hydroxyl groups excluding tert-OH is 2. The predicted octanol–water partition coefficient (Wildman–Crippen LogP) is 7.39. The minimum Gasteiger partial charge on any atom is -0.396 e. The summed E-state index contributed by atoms with van der Waals surface area (Å²) >= 11 is 0. The largest absolute Gasteiger partial charge is 0.396 e. The van der Waals surface area contributed by atoms with Gasteiger partial charge in [0.25, 0.3) is 0 Å². The van der Waals surface area contributed by atoms with Crippen molar-refractivity contribution in [1.29, 1.82) is 0 Å². The third-order valence-electron chi connectivity index (χ3n) is 16.9. The predicted molar refractivity (Wildman–Crippen MR) is 185 cm³/mol. The highest BCUT2D eigenvalue weighted by atomic mass is 16.3. The number of rotatable bonds is 4. The van der Waals surface area contributed by atoms with Crippen LogP contribution < -0.4 is 0 Å². The second kappa shape index (κ2) is 12.4. The molecule has 0 aliphatic heterocycles. The lowest BCUT2D eigenvalue weighted by molar-refractivity contribution is -0.134. The van der Waals surface area contributed by atoms with Gasteiger partial charge in [0.05, 0.1) is 0 Å². The zero-order valence-corrected chi connectivity index (χ0v) is 30.0. The molecule has 0 aromatic carbocycles. The van der Waals surface area contributed by atoms with Crippen molar-refractivity contribution in [3.63, 3.8) is 0 Å². The van der Waals surface area contributed by atoms with Crippen LogP contribution in [0.1, 0.15) is 130 Å². The number of ketones is 4. The molecule has 6 fully saturated rings. The van der Waals surface area contributed by atoms with Crippen LogP contribution in [0.3, 0.4) is 0 Å². The van der Waals surface area contributed by atoms with Crippen molar-refractivity contribution in [2.24, 2.45) is 69.0 Å². The van der Waals surface area contributed by atoms with Crippen LogP contribution in [0.5, 0.6) is 0 Å². The average Bonchev–Trinajstić information content (AvgIpc) is 3.66. The van der Waals surface area contributed by atoms with Crippen molar-refractivity contribution in [2.45, 2.75) is 130 Å². The topological polar surface area (TPSA) is 109 Å². The third kappa shape index (κ3) is 4.99. The van der Waals surface area contributed by atoms with Crippen molar-refractivity contribution < 1.29 is 29.4 Å². The second-order valence-corrected chi connectivity index (χ2v) is 18.3. The highest BCUT2D eigenvalue weighted by Gasteiger charge is 2.63. The van der Waals surface area contributed by atoms with Gasteiger partial charge >= 0.3 is 0 Å². The Morgan fingerprint density at radius 1 is 0.583 bits per heavy atom. The molecule has 6 nitrogen and oxygen atoms in total. The Morgan fingerprint density at radius 3 is 1.33 bits per heavy atom. The van der Waals surface area contributed by atoms with E-state index in [4.69, 9.17) is 0 Å². The maximum absolute atomic E-state index is 12.2. The molecule has 8 aliphatic rings. The number of aliphatic hydroxyl groups is 2. The van der Waals surface area contributed by atoms with Crippen LogP contribution in [-0.2, 0) is 19.2 Å². The molecule has 48 heavy (non-hydrogen) atoms. The van der Waals surface area contributed by atoms with Gasteiger partial charge in [0.1, 0.15) is 11.6 Å². The molecule has 0 aromatic heterocycles. The summed E-state index contributed by atoms with van der Waals surface area (Å²) in [5.74, 6) is 4.75. The fourth-order valence-electron chi connectivity index (χ4n) is 14.6. The number of hydrogen-bond donors (Lipinski definition) is 2. The molecular formula is C42H60O6. The van der Waals surface area contributed by atoms with Crippen LogP contribution in [0, 0.1) is 69.0 Å². The molecule has 0 heterocycles. The molecule has 0 saturated heterocycles. The molecular weight excluding hydrogens is 600 g/mol. The van der Waals surface area contributed by atoms with Crippen molar-refractivity contribution in [3.05, 3.63) is 23.3 Å².